The maximum atomic E-state index is 5.66. The lowest BCUT2D eigenvalue weighted by Gasteiger charge is -2.43. The van der Waals surface area contributed by atoms with Crippen molar-refractivity contribution < 1.29 is 4.74 Å². The molecule has 178 valence electrons. The topological polar surface area (TPSA) is 9.23 Å². The van der Waals surface area contributed by atoms with Crippen LogP contribution in [0, 0.1) is 29.6 Å². The van der Waals surface area contributed by atoms with E-state index in [-0.39, 0.29) is 0 Å². The van der Waals surface area contributed by atoms with Gasteiger partial charge in [-0.05, 0) is 85.3 Å². The summed E-state index contributed by atoms with van der Waals surface area (Å²) in [6.07, 6.45) is 24.2. The van der Waals surface area contributed by atoms with Gasteiger partial charge in [0.2, 0.25) is 0 Å². The predicted octanol–water partition coefficient (Wildman–Crippen LogP) is 9.33. The van der Waals surface area contributed by atoms with Gasteiger partial charge < -0.3 is 4.74 Å². The fourth-order valence-corrected chi connectivity index (χ4v) is 7.32. The SMILES string of the molecule is C=CCOc1ccc(C2CCC3CC(CCC4CCC(CCCC)CC4)CCC3C2)cc1. The van der Waals surface area contributed by atoms with Crippen molar-refractivity contribution in [2.45, 2.75) is 109 Å². The van der Waals surface area contributed by atoms with Crippen LogP contribution in [-0.2, 0) is 0 Å². The van der Waals surface area contributed by atoms with Crippen molar-refractivity contribution in [1.82, 2.24) is 0 Å². The molecule has 0 aliphatic heterocycles. The third-order valence-corrected chi connectivity index (χ3v) is 9.36. The Kier molecular flexibility index (Phi) is 9.18. The largest absolute Gasteiger partial charge is 0.490 e. The Morgan fingerprint density at radius 3 is 2.12 bits per heavy atom. The highest BCUT2D eigenvalue weighted by molar-refractivity contribution is 5.30. The van der Waals surface area contributed by atoms with Gasteiger partial charge in [0.15, 0.2) is 0 Å². The van der Waals surface area contributed by atoms with Crippen LogP contribution in [0.25, 0.3) is 0 Å². The molecule has 3 fully saturated rings. The van der Waals surface area contributed by atoms with Gasteiger partial charge in [0, 0.05) is 0 Å². The first-order chi connectivity index (χ1) is 15.7. The van der Waals surface area contributed by atoms with Crippen molar-refractivity contribution in [2.75, 3.05) is 6.61 Å². The average molecular weight is 437 g/mol. The Hall–Kier alpha value is -1.24. The molecule has 0 spiro atoms. The van der Waals surface area contributed by atoms with E-state index in [2.05, 4.69) is 37.8 Å². The van der Waals surface area contributed by atoms with Crippen LogP contribution in [0.4, 0.5) is 0 Å². The number of ether oxygens (including phenoxy) is 1. The van der Waals surface area contributed by atoms with Gasteiger partial charge in [0.1, 0.15) is 12.4 Å². The molecule has 0 aromatic heterocycles. The van der Waals surface area contributed by atoms with Crippen LogP contribution in [-0.4, -0.2) is 6.61 Å². The van der Waals surface area contributed by atoms with Gasteiger partial charge in [-0.1, -0.05) is 95.9 Å². The highest BCUT2D eigenvalue weighted by Gasteiger charge is 2.36. The maximum Gasteiger partial charge on any atom is 0.119 e. The summed E-state index contributed by atoms with van der Waals surface area (Å²) in [7, 11) is 0. The van der Waals surface area contributed by atoms with Crippen molar-refractivity contribution in [3.8, 4) is 5.75 Å². The van der Waals surface area contributed by atoms with E-state index < -0.39 is 0 Å². The molecule has 3 aliphatic rings. The number of rotatable bonds is 10. The molecule has 1 heteroatoms. The molecule has 0 saturated heterocycles. The van der Waals surface area contributed by atoms with Gasteiger partial charge in [0.25, 0.3) is 0 Å². The fourth-order valence-electron chi connectivity index (χ4n) is 7.32. The monoisotopic (exact) mass is 436 g/mol. The molecule has 3 saturated carbocycles. The molecule has 0 bridgehead atoms. The van der Waals surface area contributed by atoms with E-state index in [4.69, 9.17) is 4.74 Å². The van der Waals surface area contributed by atoms with Crippen LogP contribution in [0.1, 0.15) is 115 Å². The quantitative estimate of drug-likeness (QED) is 0.332. The minimum Gasteiger partial charge on any atom is -0.490 e. The van der Waals surface area contributed by atoms with E-state index in [9.17, 15) is 0 Å². The second-order valence-corrected chi connectivity index (χ2v) is 11.5. The summed E-state index contributed by atoms with van der Waals surface area (Å²) in [4.78, 5) is 0. The van der Waals surface area contributed by atoms with Crippen molar-refractivity contribution in [3.05, 3.63) is 42.5 Å². The number of hydrogen-bond donors (Lipinski definition) is 0. The molecule has 1 aromatic carbocycles. The second-order valence-electron chi connectivity index (χ2n) is 11.5. The molecule has 1 nitrogen and oxygen atoms in total. The Balaban J connectivity index is 1.17. The second kappa shape index (κ2) is 12.3. The first-order valence-electron chi connectivity index (χ1n) is 14.1. The van der Waals surface area contributed by atoms with E-state index in [1.807, 2.05) is 6.08 Å². The molecule has 4 unspecified atom stereocenters. The zero-order valence-electron chi connectivity index (χ0n) is 20.8. The molecular weight excluding hydrogens is 388 g/mol. The highest BCUT2D eigenvalue weighted by atomic mass is 16.5. The predicted molar refractivity (Wildman–Crippen MR) is 137 cm³/mol. The van der Waals surface area contributed by atoms with E-state index in [1.54, 1.807) is 0 Å². The van der Waals surface area contributed by atoms with Crippen LogP contribution in [0.15, 0.2) is 36.9 Å². The lowest BCUT2D eigenvalue weighted by molar-refractivity contribution is 0.108. The number of unbranched alkanes of at least 4 members (excludes halogenated alkanes) is 1. The smallest absolute Gasteiger partial charge is 0.119 e. The Labute approximate surface area is 198 Å². The van der Waals surface area contributed by atoms with Gasteiger partial charge in [-0.25, -0.2) is 0 Å². The summed E-state index contributed by atoms with van der Waals surface area (Å²) < 4.78 is 5.66. The van der Waals surface area contributed by atoms with Gasteiger partial charge in [0.05, 0.1) is 0 Å². The van der Waals surface area contributed by atoms with Crippen LogP contribution in [0.3, 0.4) is 0 Å². The fraction of sp³-hybridized carbons (Fsp3) is 0.742. The summed E-state index contributed by atoms with van der Waals surface area (Å²) >= 11 is 0. The third-order valence-electron chi connectivity index (χ3n) is 9.36. The van der Waals surface area contributed by atoms with Gasteiger partial charge in [-0.2, -0.15) is 0 Å². The lowest BCUT2D eigenvalue weighted by Crippen LogP contribution is -2.30. The van der Waals surface area contributed by atoms with Crippen molar-refractivity contribution in [3.63, 3.8) is 0 Å². The van der Waals surface area contributed by atoms with Crippen LogP contribution < -0.4 is 4.74 Å². The molecule has 0 radical (unpaired) electrons. The van der Waals surface area contributed by atoms with Gasteiger partial charge >= 0.3 is 0 Å². The maximum absolute atomic E-state index is 5.66. The van der Waals surface area contributed by atoms with Crippen LogP contribution in [0.2, 0.25) is 0 Å². The summed E-state index contributed by atoms with van der Waals surface area (Å²) in [5, 5.41) is 0. The van der Waals surface area contributed by atoms with Crippen LogP contribution in [0.5, 0.6) is 5.75 Å². The van der Waals surface area contributed by atoms with Crippen molar-refractivity contribution in [2.24, 2.45) is 29.6 Å². The third kappa shape index (κ3) is 6.64. The first-order valence-corrected chi connectivity index (χ1v) is 14.1. The number of benzene rings is 1. The minimum absolute atomic E-state index is 0.591. The van der Waals surface area contributed by atoms with Crippen LogP contribution >= 0.6 is 0 Å². The molecule has 1 aromatic rings. The molecule has 32 heavy (non-hydrogen) atoms. The molecular formula is C31H48O. The zero-order chi connectivity index (χ0) is 22.2. The molecule has 0 N–H and O–H groups in total. The Bertz CT molecular complexity index is 668. The average Bonchev–Trinajstić information content (AvgIpc) is 2.85. The van der Waals surface area contributed by atoms with Gasteiger partial charge in [-0.3, -0.25) is 0 Å². The van der Waals surface area contributed by atoms with Crippen molar-refractivity contribution in [1.29, 1.82) is 0 Å². The summed E-state index contributed by atoms with van der Waals surface area (Å²) in [6.45, 7) is 6.66. The Morgan fingerprint density at radius 1 is 0.781 bits per heavy atom. The van der Waals surface area contributed by atoms with E-state index in [0.717, 1.165) is 41.3 Å². The highest BCUT2D eigenvalue weighted by Crippen LogP contribution is 2.49. The molecule has 4 atom stereocenters. The van der Waals surface area contributed by atoms with Gasteiger partial charge in [-0.15, -0.1) is 0 Å². The Morgan fingerprint density at radius 2 is 1.41 bits per heavy atom. The lowest BCUT2D eigenvalue weighted by atomic mass is 9.63. The standard InChI is InChI=1S/C31H48O/c1-3-5-6-24-7-9-25(10-8-24)11-12-26-13-14-30-23-29(16-15-28(30)22-26)27-17-19-31(20-18-27)32-21-4-2/h4,17-20,24-26,28-30H,2-3,5-16,21-23H2,1H3. The molecule has 4 rings (SSSR count). The summed E-state index contributed by atoms with van der Waals surface area (Å²) in [5.74, 6) is 6.89. The first kappa shape index (κ1) is 23.9. The van der Waals surface area contributed by atoms with E-state index in [0.29, 0.717) is 6.61 Å². The molecule has 0 amide bonds. The zero-order valence-corrected chi connectivity index (χ0v) is 20.8. The molecule has 0 heterocycles. The summed E-state index contributed by atoms with van der Waals surface area (Å²) in [5.41, 5.74) is 1.53. The number of fused-ring (bicyclic) bond motifs is 1. The normalized spacial score (nSPS) is 32.8. The van der Waals surface area contributed by atoms with E-state index in [1.165, 1.54) is 102 Å². The summed E-state index contributed by atoms with van der Waals surface area (Å²) in [6, 6.07) is 8.93. The molecule has 3 aliphatic carbocycles. The van der Waals surface area contributed by atoms with E-state index >= 15 is 0 Å². The minimum atomic E-state index is 0.591. The van der Waals surface area contributed by atoms with Crippen molar-refractivity contribution >= 4 is 0 Å². The number of hydrogen-bond acceptors (Lipinski definition) is 1.